The fourth-order valence-corrected chi connectivity index (χ4v) is 3.02. The van der Waals surface area contributed by atoms with E-state index in [1.165, 1.54) is 4.90 Å². The molecule has 7 nitrogen and oxygen atoms in total. The van der Waals surface area contributed by atoms with E-state index in [-0.39, 0.29) is 13.0 Å². The average molecular weight is 405 g/mol. The van der Waals surface area contributed by atoms with Crippen molar-refractivity contribution in [2.45, 2.75) is 25.0 Å². The number of hydrogen-bond donors (Lipinski definition) is 3. The van der Waals surface area contributed by atoms with Crippen molar-refractivity contribution in [3.05, 3.63) is 60.2 Å². The average Bonchev–Trinajstić information content (AvgIpc) is 3.13. The molecular formula is C20H21F2N3O4. The van der Waals surface area contributed by atoms with Crippen LogP contribution in [0.25, 0.3) is 0 Å². The van der Waals surface area contributed by atoms with Crippen LogP contribution in [-0.4, -0.2) is 49.0 Å². The van der Waals surface area contributed by atoms with Gasteiger partial charge in [0.2, 0.25) is 0 Å². The predicted molar refractivity (Wildman–Crippen MR) is 103 cm³/mol. The summed E-state index contributed by atoms with van der Waals surface area (Å²) < 4.78 is 31.0. The standard InChI is InChI=1S/C20H21F2N3O4/c21-18(22)17(26)16(11-13-5-2-1-3-6-13)24-19(27)23-14-7-4-8-15(12-14)25-9-10-29-20(25)28/h1-8,12,16-18,26H,9-11H2,(H2,23,24,27). The molecule has 0 spiro atoms. The van der Waals surface area contributed by atoms with E-state index < -0.39 is 30.7 Å². The number of benzene rings is 2. The fraction of sp³-hybridized carbons (Fsp3) is 0.300. The Balaban J connectivity index is 1.67. The molecule has 0 saturated carbocycles. The maximum atomic E-state index is 13.0. The van der Waals surface area contributed by atoms with Gasteiger partial charge in [-0.25, -0.2) is 18.4 Å². The molecule has 2 aromatic carbocycles. The molecule has 2 atom stereocenters. The molecule has 2 aromatic rings. The highest BCUT2D eigenvalue weighted by atomic mass is 19.3. The predicted octanol–water partition coefficient (Wildman–Crippen LogP) is 3.00. The summed E-state index contributed by atoms with van der Waals surface area (Å²) in [6, 6.07) is 13.3. The fourth-order valence-electron chi connectivity index (χ4n) is 3.02. The van der Waals surface area contributed by atoms with Crippen LogP contribution in [-0.2, 0) is 11.2 Å². The molecule has 3 N–H and O–H groups in total. The maximum Gasteiger partial charge on any atom is 0.414 e. The number of urea groups is 1. The monoisotopic (exact) mass is 405 g/mol. The van der Waals surface area contributed by atoms with Gasteiger partial charge in [0, 0.05) is 11.4 Å². The van der Waals surface area contributed by atoms with Crippen LogP contribution in [0.5, 0.6) is 0 Å². The highest BCUT2D eigenvalue weighted by molar-refractivity contribution is 5.93. The summed E-state index contributed by atoms with van der Waals surface area (Å²) in [6.45, 7) is 0.678. The van der Waals surface area contributed by atoms with Crippen molar-refractivity contribution in [2.24, 2.45) is 0 Å². The molecule has 0 aliphatic carbocycles. The smallest absolute Gasteiger partial charge is 0.414 e. The van der Waals surface area contributed by atoms with Crippen LogP contribution in [0.15, 0.2) is 54.6 Å². The SMILES string of the molecule is O=C(Nc1cccc(N2CCOC2=O)c1)NC(Cc1ccccc1)C(O)C(F)F. The van der Waals surface area contributed by atoms with Crippen LogP contribution >= 0.6 is 0 Å². The lowest BCUT2D eigenvalue weighted by Crippen LogP contribution is -2.49. The number of hydrogen-bond acceptors (Lipinski definition) is 4. The van der Waals surface area contributed by atoms with Crippen LogP contribution in [0.2, 0.25) is 0 Å². The number of amides is 3. The largest absolute Gasteiger partial charge is 0.447 e. The number of halogens is 2. The van der Waals surface area contributed by atoms with Gasteiger partial charge in [0.1, 0.15) is 12.7 Å². The first-order valence-corrected chi connectivity index (χ1v) is 9.06. The molecule has 1 fully saturated rings. The third-order valence-corrected chi connectivity index (χ3v) is 4.46. The zero-order valence-corrected chi connectivity index (χ0v) is 15.4. The summed E-state index contributed by atoms with van der Waals surface area (Å²) in [5, 5.41) is 14.8. The van der Waals surface area contributed by atoms with Crippen LogP contribution in [0.4, 0.5) is 29.7 Å². The molecule has 1 aliphatic heterocycles. The van der Waals surface area contributed by atoms with Crippen molar-refractivity contribution in [1.82, 2.24) is 5.32 Å². The van der Waals surface area contributed by atoms with Gasteiger partial charge in [-0.3, -0.25) is 4.90 Å². The van der Waals surface area contributed by atoms with E-state index in [1.54, 1.807) is 54.6 Å². The van der Waals surface area contributed by atoms with E-state index in [9.17, 15) is 23.5 Å². The lowest BCUT2D eigenvalue weighted by molar-refractivity contribution is -0.0232. The van der Waals surface area contributed by atoms with Gasteiger partial charge in [0.25, 0.3) is 6.43 Å². The zero-order chi connectivity index (χ0) is 20.8. The van der Waals surface area contributed by atoms with Crippen molar-refractivity contribution in [1.29, 1.82) is 0 Å². The highest BCUT2D eigenvalue weighted by Gasteiger charge is 2.29. The number of carbonyl (C=O) groups excluding carboxylic acids is 2. The molecule has 1 aliphatic rings. The molecule has 3 rings (SSSR count). The number of alkyl halides is 2. The Labute approximate surface area is 166 Å². The van der Waals surface area contributed by atoms with Crippen molar-refractivity contribution in [2.75, 3.05) is 23.4 Å². The second-order valence-electron chi connectivity index (χ2n) is 6.54. The Hall–Kier alpha value is -3.20. The highest BCUT2D eigenvalue weighted by Crippen LogP contribution is 2.22. The number of carbonyl (C=O) groups is 2. The minimum absolute atomic E-state index is 0.0411. The molecule has 9 heteroatoms. The number of rotatable bonds is 7. The number of anilines is 2. The minimum atomic E-state index is -3.01. The van der Waals surface area contributed by atoms with Gasteiger partial charge in [-0.1, -0.05) is 36.4 Å². The van der Waals surface area contributed by atoms with E-state index in [1.807, 2.05) is 0 Å². The lowest BCUT2D eigenvalue weighted by Gasteiger charge is -2.24. The molecule has 29 heavy (non-hydrogen) atoms. The molecule has 1 heterocycles. The number of aliphatic hydroxyl groups is 1. The first-order chi connectivity index (χ1) is 13.9. The molecule has 0 radical (unpaired) electrons. The third-order valence-electron chi connectivity index (χ3n) is 4.46. The topological polar surface area (TPSA) is 90.9 Å². The number of ether oxygens (including phenoxy) is 1. The van der Waals surface area contributed by atoms with E-state index in [0.29, 0.717) is 23.5 Å². The van der Waals surface area contributed by atoms with E-state index in [2.05, 4.69) is 10.6 Å². The Morgan fingerprint density at radius 3 is 2.59 bits per heavy atom. The summed E-state index contributed by atoms with van der Waals surface area (Å²) in [5.41, 5.74) is 1.61. The Morgan fingerprint density at radius 2 is 1.93 bits per heavy atom. The second kappa shape index (κ2) is 9.33. The van der Waals surface area contributed by atoms with Gasteiger partial charge < -0.3 is 20.5 Å². The van der Waals surface area contributed by atoms with E-state index in [0.717, 1.165) is 0 Å². The van der Waals surface area contributed by atoms with Gasteiger partial charge in [-0.2, -0.15) is 0 Å². The Bertz CT molecular complexity index is 851. The zero-order valence-electron chi connectivity index (χ0n) is 15.4. The Morgan fingerprint density at radius 1 is 1.17 bits per heavy atom. The van der Waals surface area contributed by atoms with E-state index in [4.69, 9.17) is 4.74 Å². The van der Waals surface area contributed by atoms with Crippen molar-refractivity contribution in [3.8, 4) is 0 Å². The minimum Gasteiger partial charge on any atom is -0.447 e. The second-order valence-corrected chi connectivity index (χ2v) is 6.54. The van der Waals surface area contributed by atoms with E-state index >= 15 is 0 Å². The van der Waals surface area contributed by atoms with Gasteiger partial charge in [0.15, 0.2) is 0 Å². The molecule has 154 valence electrons. The van der Waals surface area contributed by atoms with Gasteiger partial charge in [0.05, 0.1) is 12.6 Å². The lowest BCUT2D eigenvalue weighted by atomic mass is 10.0. The summed E-state index contributed by atoms with van der Waals surface area (Å²) in [6.07, 6.45) is -5.46. The van der Waals surface area contributed by atoms with Crippen molar-refractivity contribution < 1.29 is 28.2 Å². The van der Waals surface area contributed by atoms with Crippen molar-refractivity contribution >= 4 is 23.5 Å². The number of aliphatic hydroxyl groups excluding tert-OH is 1. The Kier molecular flexibility index (Phi) is 6.61. The maximum absolute atomic E-state index is 13.0. The summed E-state index contributed by atoms with van der Waals surface area (Å²) in [7, 11) is 0. The van der Waals surface area contributed by atoms with Crippen LogP contribution in [0.3, 0.4) is 0 Å². The summed E-state index contributed by atoms with van der Waals surface area (Å²) in [4.78, 5) is 25.4. The molecule has 0 aromatic heterocycles. The summed E-state index contributed by atoms with van der Waals surface area (Å²) in [5.74, 6) is 0. The number of cyclic esters (lactones) is 1. The third kappa shape index (κ3) is 5.41. The first-order valence-electron chi connectivity index (χ1n) is 9.06. The van der Waals surface area contributed by atoms with Gasteiger partial charge in [-0.15, -0.1) is 0 Å². The normalized spacial score (nSPS) is 15.7. The number of nitrogens with zero attached hydrogens (tertiary/aromatic N) is 1. The number of nitrogens with one attached hydrogen (secondary N) is 2. The van der Waals surface area contributed by atoms with Crippen LogP contribution in [0, 0.1) is 0 Å². The quantitative estimate of drug-likeness (QED) is 0.661. The molecule has 3 amide bonds. The molecule has 2 unspecified atom stereocenters. The van der Waals surface area contributed by atoms with Gasteiger partial charge >= 0.3 is 12.1 Å². The molecular weight excluding hydrogens is 384 g/mol. The van der Waals surface area contributed by atoms with Crippen LogP contribution < -0.4 is 15.5 Å². The molecule has 0 bridgehead atoms. The summed E-state index contributed by atoms with van der Waals surface area (Å²) >= 11 is 0. The molecule has 1 saturated heterocycles. The van der Waals surface area contributed by atoms with Crippen molar-refractivity contribution in [3.63, 3.8) is 0 Å². The van der Waals surface area contributed by atoms with Crippen LogP contribution in [0.1, 0.15) is 5.56 Å². The first kappa shape index (κ1) is 20.5. The van der Waals surface area contributed by atoms with Gasteiger partial charge in [-0.05, 0) is 30.2 Å².